The summed E-state index contributed by atoms with van der Waals surface area (Å²) in [4.78, 5) is 6.07. The predicted octanol–water partition coefficient (Wildman–Crippen LogP) is 2.25. The van der Waals surface area contributed by atoms with E-state index in [1.54, 1.807) is 18.5 Å². The van der Waals surface area contributed by atoms with Crippen LogP contribution in [0.5, 0.6) is 0 Å². The Morgan fingerprint density at radius 3 is 2.68 bits per heavy atom. The zero-order valence-electron chi connectivity index (χ0n) is 10.9. The lowest BCUT2D eigenvalue weighted by Crippen LogP contribution is -2.20. The minimum atomic E-state index is 0.0674. The third-order valence-corrected chi connectivity index (χ3v) is 3.02. The Labute approximate surface area is 112 Å². The molecule has 0 spiro atoms. The van der Waals surface area contributed by atoms with Gasteiger partial charge < -0.3 is 15.8 Å². The molecule has 19 heavy (non-hydrogen) atoms. The molecular formula is C14H16N4O. The van der Waals surface area contributed by atoms with Gasteiger partial charge in [0.25, 0.3) is 0 Å². The van der Waals surface area contributed by atoms with E-state index in [-0.39, 0.29) is 5.84 Å². The van der Waals surface area contributed by atoms with Gasteiger partial charge in [0.2, 0.25) is 0 Å². The Hall–Kier alpha value is -2.56. The molecule has 0 aliphatic carbocycles. The molecule has 0 saturated carbocycles. The number of nitrogens with two attached hydrogens (primary N) is 1. The lowest BCUT2D eigenvalue weighted by Gasteiger charge is -2.23. The summed E-state index contributed by atoms with van der Waals surface area (Å²) in [6.45, 7) is 2.03. The van der Waals surface area contributed by atoms with Crippen LogP contribution in [0.4, 0.5) is 11.4 Å². The molecule has 5 heteroatoms. The van der Waals surface area contributed by atoms with Crippen LogP contribution in [0, 0.1) is 6.92 Å². The van der Waals surface area contributed by atoms with E-state index in [1.165, 1.54) is 0 Å². The topological polar surface area (TPSA) is 74.7 Å². The number of amidine groups is 1. The highest BCUT2D eigenvalue weighted by atomic mass is 16.4. The van der Waals surface area contributed by atoms with Crippen molar-refractivity contribution in [2.45, 2.75) is 6.92 Å². The number of aromatic nitrogens is 1. The molecule has 0 radical (unpaired) electrons. The second kappa shape index (κ2) is 5.39. The van der Waals surface area contributed by atoms with Crippen molar-refractivity contribution in [1.82, 2.24) is 4.98 Å². The first kappa shape index (κ1) is 12.9. The lowest BCUT2D eigenvalue weighted by molar-refractivity contribution is 0.318. The SMILES string of the molecule is Cc1ccccc1N(C)c1cnccc1/C(N)=N/O. The van der Waals surface area contributed by atoms with Crippen molar-refractivity contribution >= 4 is 17.2 Å². The van der Waals surface area contributed by atoms with Gasteiger partial charge in [0.1, 0.15) is 0 Å². The molecule has 98 valence electrons. The Bertz CT molecular complexity index is 610. The normalized spacial score (nSPS) is 11.4. The van der Waals surface area contributed by atoms with Crippen LogP contribution in [0.1, 0.15) is 11.1 Å². The number of anilines is 2. The van der Waals surface area contributed by atoms with Gasteiger partial charge in [-0.05, 0) is 24.6 Å². The van der Waals surface area contributed by atoms with E-state index in [9.17, 15) is 0 Å². The summed E-state index contributed by atoms with van der Waals surface area (Å²) in [6, 6.07) is 9.72. The summed E-state index contributed by atoms with van der Waals surface area (Å²) in [6.07, 6.45) is 3.31. The van der Waals surface area contributed by atoms with Crippen LogP contribution in [-0.4, -0.2) is 23.1 Å². The van der Waals surface area contributed by atoms with Crippen molar-refractivity contribution < 1.29 is 5.21 Å². The summed E-state index contributed by atoms with van der Waals surface area (Å²) in [5.41, 5.74) is 9.30. The molecule has 0 saturated heterocycles. The number of aryl methyl sites for hydroxylation is 1. The summed E-state index contributed by atoms with van der Waals surface area (Å²) >= 11 is 0. The highest BCUT2D eigenvalue weighted by Gasteiger charge is 2.13. The first-order valence-corrected chi connectivity index (χ1v) is 5.86. The highest BCUT2D eigenvalue weighted by molar-refractivity contribution is 6.02. The van der Waals surface area contributed by atoms with Gasteiger partial charge in [0.15, 0.2) is 5.84 Å². The summed E-state index contributed by atoms with van der Waals surface area (Å²) in [7, 11) is 1.92. The smallest absolute Gasteiger partial charge is 0.172 e. The van der Waals surface area contributed by atoms with Crippen molar-refractivity contribution in [2.75, 3.05) is 11.9 Å². The molecule has 0 amide bonds. The molecule has 0 atom stereocenters. The molecule has 0 aliphatic heterocycles. The zero-order valence-corrected chi connectivity index (χ0v) is 10.9. The molecule has 0 unspecified atom stereocenters. The van der Waals surface area contributed by atoms with Gasteiger partial charge in [-0.25, -0.2) is 0 Å². The van der Waals surface area contributed by atoms with Gasteiger partial charge in [-0.3, -0.25) is 4.98 Å². The largest absolute Gasteiger partial charge is 0.409 e. The van der Waals surface area contributed by atoms with E-state index in [0.717, 1.165) is 16.9 Å². The van der Waals surface area contributed by atoms with E-state index in [2.05, 4.69) is 10.1 Å². The summed E-state index contributed by atoms with van der Waals surface area (Å²) in [5, 5.41) is 11.9. The maximum atomic E-state index is 8.84. The average molecular weight is 256 g/mol. The van der Waals surface area contributed by atoms with E-state index < -0.39 is 0 Å². The Balaban J connectivity index is 2.51. The standard InChI is InChI=1S/C14H16N4O/c1-10-5-3-4-6-12(10)18(2)13-9-16-8-7-11(13)14(15)17-19/h3-9,19H,1-2H3,(H2,15,17). The third-order valence-electron chi connectivity index (χ3n) is 3.02. The number of hydrogen-bond acceptors (Lipinski definition) is 4. The monoisotopic (exact) mass is 256 g/mol. The lowest BCUT2D eigenvalue weighted by atomic mass is 10.1. The van der Waals surface area contributed by atoms with Gasteiger partial charge in [-0.1, -0.05) is 23.4 Å². The average Bonchev–Trinajstić information content (AvgIpc) is 2.46. The molecule has 1 aromatic carbocycles. The first-order valence-electron chi connectivity index (χ1n) is 5.86. The molecule has 0 aliphatic rings. The number of para-hydroxylation sites is 1. The van der Waals surface area contributed by atoms with E-state index in [4.69, 9.17) is 10.9 Å². The van der Waals surface area contributed by atoms with Crippen molar-refractivity contribution in [3.63, 3.8) is 0 Å². The first-order chi connectivity index (χ1) is 9.15. The maximum Gasteiger partial charge on any atom is 0.172 e. The van der Waals surface area contributed by atoms with Crippen molar-refractivity contribution in [3.8, 4) is 0 Å². The van der Waals surface area contributed by atoms with Gasteiger partial charge >= 0.3 is 0 Å². The Morgan fingerprint density at radius 1 is 1.26 bits per heavy atom. The third kappa shape index (κ3) is 2.49. The quantitative estimate of drug-likeness (QED) is 0.382. The van der Waals surface area contributed by atoms with Crippen LogP contribution < -0.4 is 10.6 Å². The van der Waals surface area contributed by atoms with Gasteiger partial charge in [-0.2, -0.15) is 0 Å². The minimum absolute atomic E-state index is 0.0674. The number of hydrogen-bond donors (Lipinski definition) is 2. The van der Waals surface area contributed by atoms with Crippen molar-refractivity contribution in [1.29, 1.82) is 0 Å². The number of benzene rings is 1. The highest BCUT2D eigenvalue weighted by Crippen LogP contribution is 2.28. The van der Waals surface area contributed by atoms with Gasteiger partial charge in [-0.15, -0.1) is 0 Å². The fourth-order valence-electron chi connectivity index (χ4n) is 1.99. The van der Waals surface area contributed by atoms with Crippen molar-refractivity contribution in [2.24, 2.45) is 10.9 Å². The van der Waals surface area contributed by atoms with Crippen LogP contribution in [0.15, 0.2) is 47.9 Å². The van der Waals surface area contributed by atoms with Crippen molar-refractivity contribution in [3.05, 3.63) is 53.9 Å². The molecule has 3 N–H and O–H groups in total. The Kier molecular flexibility index (Phi) is 3.66. The number of oxime groups is 1. The fraction of sp³-hybridized carbons (Fsp3) is 0.143. The summed E-state index contributed by atoms with van der Waals surface area (Å²) in [5.74, 6) is 0.0674. The minimum Gasteiger partial charge on any atom is -0.409 e. The van der Waals surface area contributed by atoms with Gasteiger partial charge in [0.05, 0.1) is 11.9 Å². The second-order valence-corrected chi connectivity index (χ2v) is 4.22. The molecule has 1 heterocycles. The van der Waals surface area contributed by atoms with E-state index >= 15 is 0 Å². The molecule has 2 rings (SSSR count). The maximum absolute atomic E-state index is 8.84. The molecule has 5 nitrogen and oxygen atoms in total. The Morgan fingerprint density at radius 2 is 2.00 bits per heavy atom. The fourth-order valence-corrected chi connectivity index (χ4v) is 1.99. The van der Waals surface area contributed by atoms with E-state index in [0.29, 0.717) is 5.56 Å². The van der Waals surface area contributed by atoms with E-state index in [1.807, 2.05) is 43.1 Å². The molecule has 1 aromatic heterocycles. The van der Waals surface area contributed by atoms with Gasteiger partial charge in [0, 0.05) is 24.5 Å². The molecule has 0 fully saturated rings. The van der Waals surface area contributed by atoms with Crippen LogP contribution in [0.3, 0.4) is 0 Å². The number of nitrogens with zero attached hydrogens (tertiary/aromatic N) is 3. The van der Waals surface area contributed by atoms with Crippen LogP contribution in [-0.2, 0) is 0 Å². The molecule has 2 aromatic rings. The van der Waals surface area contributed by atoms with Crippen LogP contribution >= 0.6 is 0 Å². The second-order valence-electron chi connectivity index (χ2n) is 4.22. The number of rotatable bonds is 3. The number of pyridine rings is 1. The zero-order chi connectivity index (χ0) is 13.8. The summed E-state index contributed by atoms with van der Waals surface area (Å²) < 4.78 is 0. The molecular weight excluding hydrogens is 240 g/mol. The van der Waals surface area contributed by atoms with Crippen LogP contribution in [0.2, 0.25) is 0 Å². The predicted molar refractivity (Wildman–Crippen MR) is 76.0 cm³/mol. The molecule has 0 bridgehead atoms. The van der Waals surface area contributed by atoms with Crippen LogP contribution in [0.25, 0.3) is 0 Å².